The molecule has 0 aliphatic carbocycles. The summed E-state index contributed by atoms with van der Waals surface area (Å²) in [5, 5.41) is 21.7. The van der Waals surface area contributed by atoms with E-state index in [9.17, 15) is 14.9 Å². The summed E-state index contributed by atoms with van der Waals surface area (Å²) < 4.78 is 0. The Morgan fingerprint density at radius 2 is 1.90 bits per heavy atom. The van der Waals surface area contributed by atoms with Gasteiger partial charge < -0.3 is 5.11 Å². The smallest absolute Gasteiger partial charge is 0.409 e. The lowest BCUT2D eigenvalue weighted by Gasteiger charge is -2.06. The average Bonchev–Trinajstić information content (AvgIpc) is 2.38. The van der Waals surface area contributed by atoms with E-state index in [-0.39, 0.29) is 11.4 Å². The number of nitrogens with zero attached hydrogens (tertiary/aromatic N) is 1. The molecular weight excluding hydrogens is 260 g/mol. The van der Waals surface area contributed by atoms with Crippen molar-refractivity contribution < 1.29 is 14.8 Å². The zero-order valence-electron chi connectivity index (χ0n) is 10.7. The van der Waals surface area contributed by atoms with Crippen molar-refractivity contribution in [1.29, 1.82) is 0 Å². The van der Waals surface area contributed by atoms with Gasteiger partial charge in [0.2, 0.25) is 0 Å². The van der Waals surface area contributed by atoms with Crippen LogP contribution in [0.3, 0.4) is 0 Å². The molecule has 0 saturated heterocycles. The van der Waals surface area contributed by atoms with Gasteiger partial charge in [-0.05, 0) is 24.1 Å². The summed E-state index contributed by atoms with van der Waals surface area (Å²) in [6, 6.07) is 11.9. The monoisotopic (exact) mass is 272 g/mol. The number of nitro groups is 1. The topological polar surface area (TPSA) is 92.5 Å². The summed E-state index contributed by atoms with van der Waals surface area (Å²) in [6.07, 6.45) is -1.34. The zero-order chi connectivity index (χ0) is 14.7. The Kier molecular flexibility index (Phi) is 3.65. The van der Waals surface area contributed by atoms with Crippen LogP contribution in [0.15, 0.2) is 42.5 Å². The third-order valence-corrected chi connectivity index (χ3v) is 2.79. The van der Waals surface area contributed by atoms with Gasteiger partial charge in [-0.2, -0.15) is 0 Å². The number of benzene rings is 2. The van der Waals surface area contributed by atoms with E-state index in [1.807, 2.05) is 36.5 Å². The van der Waals surface area contributed by atoms with Crippen LogP contribution < -0.4 is 5.32 Å². The average molecular weight is 272 g/mol. The van der Waals surface area contributed by atoms with Crippen LogP contribution in [0.1, 0.15) is 5.56 Å². The van der Waals surface area contributed by atoms with E-state index in [0.29, 0.717) is 5.56 Å². The Morgan fingerprint density at radius 3 is 2.50 bits per heavy atom. The second kappa shape index (κ2) is 5.40. The maximum absolute atomic E-state index is 11.0. The van der Waals surface area contributed by atoms with Crippen molar-refractivity contribution in [2.45, 2.75) is 6.92 Å². The van der Waals surface area contributed by atoms with Gasteiger partial charge in [0.15, 0.2) is 0 Å². The SMILES string of the molecule is Cc1cccc(-c2ccc(NC(=O)O)c([N+](=O)[O-])c2)c1. The standard InChI is InChI=1S/C14H12N2O4/c1-9-3-2-4-10(7-9)11-5-6-12(15-14(17)18)13(8-11)16(19)20/h2-8,15H,1H3,(H,17,18). The molecule has 0 spiro atoms. The van der Waals surface area contributed by atoms with Gasteiger partial charge in [0, 0.05) is 6.07 Å². The van der Waals surface area contributed by atoms with Gasteiger partial charge >= 0.3 is 6.09 Å². The minimum Gasteiger partial charge on any atom is -0.465 e. The van der Waals surface area contributed by atoms with Crippen molar-refractivity contribution in [2.24, 2.45) is 0 Å². The highest BCUT2D eigenvalue weighted by Crippen LogP contribution is 2.30. The van der Waals surface area contributed by atoms with E-state index in [2.05, 4.69) is 0 Å². The van der Waals surface area contributed by atoms with Crippen LogP contribution in [0.5, 0.6) is 0 Å². The number of rotatable bonds is 3. The lowest BCUT2D eigenvalue weighted by Crippen LogP contribution is -2.09. The first-order valence-corrected chi connectivity index (χ1v) is 5.83. The number of hydrogen-bond acceptors (Lipinski definition) is 3. The minimum atomic E-state index is -1.34. The second-order valence-corrected chi connectivity index (χ2v) is 4.29. The van der Waals surface area contributed by atoms with E-state index < -0.39 is 11.0 Å². The van der Waals surface area contributed by atoms with Gasteiger partial charge in [0.25, 0.3) is 5.69 Å². The van der Waals surface area contributed by atoms with Gasteiger partial charge in [-0.15, -0.1) is 0 Å². The highest BCUT2D eigenvalue weighted by molar-refractivity contribution is 5.87. The van der Waals surface area contributed by atoms with Crippen molar-refractivity contribution in [3.8, 4) is 11.1 Å². The summed E-state index contributed by atoms with van der Waals surface area (Å²) in [5.74, 6) is 0. The third kappa shape index (κ3) is 2.92. The Morgan fingerprint density at radius 1 is 1.20 bits per heavy atom. The summed E-state index contributed by atoms with van der Waals surface area (Å²) in [4.78, 5) is 21.0. The highest BCUT2D eigenvalue weighted by Gasteiger charge is 2.16. The van der Waals surface area contributed by atoms with Crippen LogP contribution in [0, 0.1) is 17.0 Å². The Balaban J connectivity index is 2.50. The number of anilines is 1. The van der Waals surface area contributed by atoms with Gasteiger partial charge in [-0.25, -0.2) is 4.79 Å². The van der Waals surface area contributed by atoms with E-state index in [1.165, 1.54) is 12.1 Å². The van der Waals surface area contributed by atoms with E-state index in [0.717, 1.165) is 11.1 Å². The van der Waals surface area contributed by atoms with Crippen molar-refractivity contribution in [1.82, 2.24) is 0 Å². The Labute approximate surface area is 114 Å². The highest BCUT2D eigenvalue weighted by atomic mass is 16.6. The van der Waals surface area contributed by atoms with Crippen molar-refractivity contribution in [3.63, 3.8) is 0 Å². The molecule has 102 valence electrons. The fraction of sp³-hybridized carbons (Fsp3) is 0.0714. The number of nitrogens with one attached hydrogen (secondary N) is 1. The Bertz CT molecular complexity index is 683. The number of carbonyl (C=O) groups is 1. The van der Waals surface area contributed by atoms with Crippen LogP contribution in [0.25, 0.3) is 11.1 Å². The molecule has 1 amide bonds. The van der Waals surface area contributed by atoms with Gasteiger partial charge in [0.1, 0.15) is 5.69 Å². The predicted molar refractivity (Wildman–Crippen MR) is 74.9 cm³/mol. The molecule has 0 unspecified atom stereocenters. The molecule has 2 N–H and O–H groups in total. The summed E-state index contributed by atoms with van der Waals surface area (Å²) >= 11 is 0. The molecule has 0 saturated carbocycles. The lowest BCUT2D eigenvalue weighted by molar-refractivity contribution is -0.383. The molecule has 0 fully saturated rings. The first-order valence-electron chi connectivity index (χ1n) is 5.83. The van der Waals surface area contributed by atoms with Crippen molar-refractivity contribution in [2.75, 3.05) is 5.32 Å². The molecule has 0 radical (unpaired) electrons. The molecule has 2 rings (SSSR count). The molecule has 0 bridgehead atoms. The van der Waals surface area contributed by atoms with E-state index in [4.69, 9.17) is 5.11 Å². The molecule has 6 nitrogen and oxygen atoms in total. The summed E-state index contributed by atoms with van der Waals surface area (Å²) in [5.41, 5.74) is 2.23. The molecule has 0 aliphatic rings. The van der Waals surface area contributed by atoms with E-state index in [1.54, 1.807) is 6.07 Å². The van der Waals surface area contributed by atoms with Gasteiger partial charge in [-0.3, -0.25) is 15.4 Å². The van der Waals surface area contributed by atoms with Crippen LogP contribution in [0.2, 0.25) is 0 Å². The maximum atomic E-state index is 11.0. The fourth-order valence-corrected chi connectivity index (χ4v) is 1.91. The number of hydrogen-bond donors (Lipinski definition) is 2. The molecule has 6 heteroatoms. The van der Waals surface area contributed by atoms with Crippen LogP contribution >= 0.6 is 0 Å². The predicted octanol–water partition coefficient (Wildman–Crippen LogP) is 3.66. The number of nitro benzene ring substituents is 1. The molecule has 0 atom stereocenters. The number of amides is 1. The van der Waals surface area contributed by atoms with Gasteiger partial charge in [-0.1, -0.05) is 35.9 Å². The lowest BCUT2D eigenvalue weighted by atomic mass is 10.0. The number of aryl methyl sites for hydroxylation is 1. The van der Waals surface area contributed by atoms with Gasteiger partial charge in [0.05, 0.1) is 4.92 Å². The molecule has 0 aromatic heterocycles. The quantitative estimate of drug-likeness (QED) is 0.658. The first kappa shape index (κ1) is 13.5. The largest absolute Gasteiger partial charge is 0.465 e. The van der Waals surface area contributed by atoms with Crippen LogP contribution in [-0.4, -0.2) is 16.1 Å². The third-order valence-electron chi connectivity index (χ3n) is 2.79. The Hall–Kier alpha value is -2.89. The van der Waals surface area contributed by atoms with Crippen molar-refractivity contribution >= 4 is 17.5 Å². The van der Waals surface area contributed by atoms with Crippen molar-refractivity contribution in [3.05, 3.63) is 58.1 Å². The number of carboxylic acid groups (broad SMARTS) is 1. The molecule has 0 aliphatic heterocycles. The minimum absolute atomic E-state index is 0.0427. The molecule has 2 aromatic carbocycles. The molecular formula is C14H12N2O4. The zero-order valence-corrected chi connectivity index (χ0v) is 10.7. The molecule has 20 heavy (non-hydrogen) atoms. The van der Waals surface area contributed by atoms with Crippen LogP contribution in [0.4, 0.5) is 16.2 Å². The van der Waals surface area contributed by atoms with E-state index >= 15 is 0 Å². The fourth-order valence-electron chi connectivity index (χ4n) is 1.91. The molecule has 0 heterocycles. The first-order chi connectivity index (χ1) is 9.47. The second-order valence-electron chi connectivity index (χ2n) is 4.29. The van der Waals surface area contributed by atoms with Crippen LogP contribution in [-0.2, 0) is 0 Å². The summed E-state index contributed by atoms with van der Waals surface area (Å²) in [7, 11) is 0. The maximum Gasteiger partial charge on any atom is 0.409 e. The molecule has 2 aromatic rings. The normalized spacial score (nSPS) is 10.1. The summed E-state index contributed by atoms with van der Waals surface area (Å²) in [6.45, 7) is 1.93.